The van der Waals surface area contributed by atoms with Crippen LogP contribution in [-0.4, -0.2) is 27.1 Å². The minimum absolute atomic E-state index is 0.290. The molecule has 3 aromatic rings. The Morgan fingerprint density at radius 1 is 0.806 bits per heavy atom. The van der Waals surface area contributed by atoms with Crippen LogP contribution in [0.1, 0.15) is 45.4 Å². The molecule has 0 aliphatic rings. The Hall–Kier alpha value is -3.21. The van der Waals surface area contributed by atoms with Crippen molar-refractivity contribution in [3.8, 4) is 22.5 Å². The van der Waals surface area contributed by atoms with Crippen LogP contribution in [0, 0.1) is 0 Å². The summed E-state index contributed by atoms with van der Waals surface area (Å²) in [5.41, 5.74) is 5.25. The Morgan fingerprint density at radius 3 is 1.81 bits per heavy atom. The van der Waals surface area contributed by atoms with E-state index in [4.69, 9.17) is 4.74 Å². The fraction of sp³-hybridized carbons (Fsp3) is 0.346. The fourth-order valence-electron chi connectivity index (χ4n) is 3.63. The minimum Gasteiger partial charge on any atom is -0.462 e. The van der Waals surface area contributed by atoms with Gasteiger partial charge in [0.2, 0.25) is 0 Å². The summed E-state index contributed by atoms with van der Waals surface area (Å²) in [6, 6.07) is 12.6. The van der Waals surface area contributed by atoms with Crippen molar-refractivity contribution in [2.75, 3.05) is 6.61 Å². The lowest BCUT2D eigenvalue weighted by Gasteiger charge is -2.14. The number of hydrogen-bond acceptors (Lipinski definition) is 4. The van der Waals surface area contributed by atoms with Gasteiger partial charge in [-0.15, -0.1) is 0 Å². The lowest BCUT2D eigenvalue weighted by atomic mass is 10.1. The third-order valence-electron chi connectivity index (χ3n) is 5.29. The molecule has 0 radical (unpaired) electrons. The van der Waals surface area contributed by atoms with Crippen LogP contribution in [-0.2, 0) is 16.1 Å². The van der Waals surface area contributed by atoms with Crippen LogP contribution in [0.3, 0.4) is 0 Å². The normalized spacial score (nSPS) is 10.7. The predicted molar refractivity (Wildman–Crippen MR) is 124 cm³/mol. The SMILES string of the molecule is C=C(C)C(=O)OCCCCCCCCn1c(-c2ccncc2)ccc1-c1ccncc1. The highest BCUT2D eigenvalue weighted by atomic mass is 16.5. The third-order valence-corrected chi connectivity index (χ3v) is 5.29. The van der Waals surface area contributed by atoms with E-state index in [1.165, 1.54) is 35.4 Å². The summed E-state index contributed by atoms with van der Waals surface area (Å²) in [4.78, 5) is 19.7. The molecule has 0 N–H and O–H groups in total. The molecule has 5 nitrogen and oxygen atoms in total. The molecule has 3 rings (SSSR count). The molecule has 0 saturated carbocycles. The predicted octanol–water partition coefficient (Wildman–Crippen LogP) is 6.07. The van der Waals surface area contributed by atoms with Crippen molar-refractivity contribution in [1.29, 1.82) is 0 Å². The summed E-state index contributed by atoms with van der Waals surface area (Å²) in [7, 11) is 0. The van der Waals surface area contributed by atoms with E-state index >= 15 is 0 Å². The van der Waals surface area contributed by atoms with Crippen LogP contribution in [0.15, 0.2) is 73.3 Å². The maximum absolute atomic E-state index is 11.4. The van der Waals surface area contributed by atoms with Crippen LogP contribution < -0.4 is 0 Å². The number of nitrogens with zero attached hydrogens (tertiary/aromatic N) is 3. The van der Waals surface area contributed by atoms with Gasteiger partial charge in [-0.2, -0.15) is 0 Å². The summed E-state index contributed by atoms with van der Waals surface area (Å²) in [5, 5.41) is 0. The van der Waals surface area contributed by atoms with Crippen molar-refractivity contribution in [3.63, 3.8) is 0 Å². The van der Waals surface area contributed by atoms with Crippen molar-refractivity contribution < 1.29 is 9.53 Å². The van der Waals surface area contributed by atoms with E-state index in [1.807, 2.05) is 24.8 Å². The maximum Gasteiger partial charge on any atom is 0.333 e. The molecule has 0 aliphatic heterocycles. The van der Waals surface area contributed by atoms with Gasteiger partial charge in [-0.1, -0.05) is 32.3 Å². The summed E-state index contributed by atoms with van der Waals surface area (Å²) < 4.78 is 7.54. The first-order chi connectivity index (χ1) is 15.2. The van der Waals surface area contributed by atoms with Crippen LogP contribution in [0.25, 0.3) is 22.5 Å². The first-order valence-electron chi connectivity index (χ1n) is 11.0. The lowest BCUT2D eigenvalue weighted by Crippen LogP contribution is -2.06. The smallest absolute Gasteiger partial charge is 0.333 e. The number of esters is 1. The average Bonchev–Trinajstić information content (AvgIpc) is 3.22. The Balaban J connectivity index is 1.51. The molecular weight excluding hydrogens is 386 g/mol. The van der Waals surface area contributed by atoms with Gasteiger partial charge < -0.3 is 9.30 Å². The quantitative estimate of drug-likeness (QED) is 0.204. The van der Waals surface area contributed by atoms with Gasteiger partial charge in [0.25, 0.3) is 0 Å². The molecule has 162 valence electrons. The lowest BCUT2D eigenvalue weighted by molar-refractivity contribution is -0.139. The van der Waals surface area contributed by atoms with E-state index in [9.17, 15) is 4.79 Å². The summed E-state index contributed by atoms with van der Waals surface area (Å²) >= 11 is 0. The molecule has 5 heteroatoms. The van der Waals surface area contributed by atoms with Crippen LogP contribution in [0.2, 0.25) is 0 Å². The summed E-state index contributed by atoms with van der Waals surface area (Å²) in [6.45, 7) is 6.72. The second-order valence-electron chi connectivity index (χ2n) is 7.76. The second kappa shape index (κ2) is 11.8. The highest BCUT2D eigenvalue weighted by Crippen LogP contribution is 2.29. The van der Waals surface area contributed by atoms with Gasteiger partial charge in [0.1, 0.15) is 0 Å². The molecule has 0 fully saturated rings. The van der Waals surface area contributed by atoms with E-state index in [-0.39, 0.29) is 5.97 Å². The van der Waals surface area contributed by atoms with E-state index in [0.29, 0.717) is 12.2 Å². The van der Waals surface area contributed by atoms with Crippen molar-refractivity contribution in [2.24, 2.45) is 0 Å². The van der Waals surface area contributed by atoms with Gasteiger partial charge in [0, 0.05) is 59.4 Å². The molecular formula is C26H31N3O2. The van der Waals surface area contributed by atoms with Gasteiger partial charge in [0.05, 0.1) is 6.61 Å². The molecule has 0 unspecified atom stereocenters. The van der Waals surface area contributed by atoms with Gasteiger partial charge in [-0.05, 0) is 56.2 Å². The van der Waals surface area contributed by atoms with Crippen LogP contribution in [0.5, 0.6) is 0 Å². The zero-order chi connectivity index (χ0) is 21.9. The highest BCUT2D eigenvalue weighted by molar-refractivity contribution is 5.86. The Labute approximate surface area is 184 Å². The monoisotopic (exact) mass is 417 g/mol. The fourth-order valence-corrected chi connectivity index (χ4v) is 3.63. The number of ether oxygens (including phenoxy) is 1. The number of aromatic nitrogens is 3. The zero-order valence-electron chi connectivity index (χ0n) is 18.3. The first-order valence-corrected chi connectivity index (χ1v) is 11.0. The topological polar surface area (TPSA) is 57.0 Å². The summed E-state index contributed by atoms with van der Waals surface area (Å²) in [6.07, 6.45) is 14.0. The zero-order valence-corrected chi connectivity index (χ0v) is 18.3. The number of rotatable bonds is 12. The Morgan fingerprint density at radius 2 is 1.29 bits per heavy atom. The van der Waals surface area contributed by atoms with Crippen molar-refractivity contribution in [3.05, 3.63) is 73.3 Å². The molecule has 0 saturated heterocycles. The second-order valence-corrected chi connectivity index (χ2v) is 7.76. The van der Waals surface area contributed by atoms with E-state index in [0.717, 1.165) is 32.2 Å². The minimum atomic E-state index is -0.290. The molecule has 0 atom stereocenters. The molecule has 3 aromatic heterocycles. The molecule has 0 spiro atoms. The molecule has 0 aliphatic carbocycles. The average molecular weight is 418 g/mol. The molecule has 0 bridgehead atoms. The van der Waals surface area contributed by atoms with E-state index < -0.39 is 0 Å². The first kappa shape index (κ1) is 22.5. The molecule has 3 heterocycles. The van der Waals surface area contributed by atoms with Gasteiger partial charge in [0.15, 0.2) is 0 Å². The van der Waals surface area contributed by atoms with Crippen molar-refractivity contribution in [1.82, 2.24) is 14.5 Å². The highest BCUT2D eigenvalue weighted by Gasteiger charge is 2.11. The molecule has 0 amide bonds. The van der Waals surface area contributed by atoms with Crippen LogP contribution >= 0.6 is 0 Å². The number of pyridine rings is 2. The molecule has 31 heavy (non-hydrogen) atoms. The Bertz CT molecular complexity index is 908. The van der Waals surface area contributed by atoms with E-state index in [1.54, 1.807) is 6.92 Å². The third kappa shape index (κ3) is 6.64. The standard InChI is InChI=1S/C26H31N3O2/c1-21(2)26(30)31-20-8-6-4-3-5-7-19-29-24(22-11-15-27-16-12-22)9-10-25(29)23-13-17-28-18-14-23/h9-18H,1,3-8,19-20H2,2H3. The molecule has 0 aromatic carbocycles. The maximum atomic E-state index is 11.4. The number of unbranched alkanes of at least 4 members (excludes halogenated alkanes) is 5. The van der Waals surface area contributed by atoms with Crippen molar-refractivity contribution in [2.45, 2.75) is 52.0 Å². The van der Waals surface area contributed by atoms with Gasteiger partial charge in [-0.3, -0.25) is 9.97 Å². The van der Waals surface area contributed by atoms with E-state index in [2.05, 4.69) is 57.5 Å². The Kier molecular flexibility index (Phi) is 8.59. The number of carbonyl (C=O) groups excluding carboxylic acids is 1. The van der Waals surface area contributed by atoms with Gasteiger partial charge in [-0.25, -0.2) is 4.79 Å². The van der Waals surface area contributed by atoms with Gasteiger partial charge >= 0.3 is 5.97 Å². The number of hydrogen-bond donors (Lipinski definition) is 0. The van der Waals surface area contributed by atoms with Crippen molar-refractivity contribution >= 4 is 5.97 Å². The summed E-state index contributed by atoms with van der Waals surface area (Å²) in [5.74, 6) is -0.290. The van der Waals surface area contributed by atoms with Crippen LogP contribution in [0.4, 0.5) is 0 Å². The number of carbonyl (C=O) groups is 1. The largest absolute Gasteiger partial charge is 0.462 e.